The van der Waals surface area contributed by atoms with Crippen LogP contribution in [0.4, 0.5) is 11.4 Å². The molecule has 2 heterocycles. The first-order valence-electron chi connectivity index (χ1n) is 10.4. The number of anilines is 1. The van der Waals surface area contributed by atoms with Gasteiger partial charge in [0.05, 0.1) is 11.3 Å². The standard InChI is InChI=1S/C21H18N4O.C4H8O/c22-19(14-8-2-1-3-9-14)23-17-12-6-4-10-15(17)20-24-18-13-7-5-11-16(18)21(26)25-20;1-2-4-5-3-1/h1-13,20,24H,(H2,22,23)(H,25,26);1-4H2/t20-;/m0./s1. The van der Waals surface area contributed by atoms with Crippen LogP contribution in [0.3, 0.4) is 0 Å². The average Bonchev–Trinajstić information content (AvgIpc) is 3.40. The number of hydrogen-bond donors (Lipinski definition) is 3. The number of nitrogens with one attached hydrogen (secondary N) is 2. The molecule has 0 bridgehead atoms. The molecule has 31 heavy (non-hydrogen) atoms. The number of fused-ring (bicyclic) bond motifs is 1. The summed E-state index contributed by atoms with van der Waals surface area (Å²) in [4.78, 5) is 17.0. The summed E-state index contributed by atoms with van der Waals surface area (Å²) in [5.74, 6) is 0.319. The predicted molar refractivity (Wildman–Crippen MR) is 124 cm³/mol. The quantitative estimate of drug-likeness (QED) is 0.438. The van der Waals surface area contributed by atoms with E-state index in [1.54, 1.807) is 6.07 Å². The van der Waals surface area contributed by atoms with Crippen molar-refractivity contribution in [3.63, 3.8) is 0 Å². The molecule has 3 aromatic rings. The van der Waals surface area contributed by atoms with Crippen LogP contribution in [0.5, 0.6) is 0 Å². The van der Waals surface area contributed by atoms with Gasteiger partial charge in [0.1, 0.15) is 12.0 Å². The zero-order chi connectivity index (χ0) is 21.5. The number of carbonyl (C=O) groups excluding carboxylic acids is 1. The largest absolute Gasteiger partial charge is 0.383 e. The highest BCUT2D eigenvalue weighted by Crippen LogP contribution is 2.31. The summed E-state index contributed by atoms with van der Waals surface area (Å²) in [6, 6.07) is 24.7. The molecule has 0 aliphatic carbocycles. The van der Waals surface area contributed by atoms with Crippen LogP contribution in [0.25, 0.3) is 0 Å². The highest BCUT2D eigenvalue weighted by Gasteiger charge is 2.25. The number of aliphatic imine (C=N–C) groups is 1. The summed E-state index contributed by atoms with van der Waals surface area (Å²) < 4.78 is 4.94. The fourth-order valence-electron chi connectivity index (χ4n) is 3.51. The zero-order valence-electron chi connectivity index (χ0n) is 17.3. The molecule has 6 nitrogen and oxygen atoms in total. The first-order valence-corrected chi connectivity index (χ1v) is 10.4. The molecule has 3 aromatic carbocycles. The Morgan fingerprint density at radius 2 is 1.55 bits per heavy atom. The number of benzene rings is 3. The number of amides is 1. The molecule has 4 N–H and O–H groups in total. The van der Waals surface area contributed by atoms with Crippen molar-refractivity contribution < 1.29 is 9.53 Å². The lowest BCUT2D eigenvalue weighted by molar-refractivity contribution is 0.0936. The van der Waals surface area contributed by atoms with Crippen molar-refractivity contribution >= 4 is 23.1 Å². The van der Waals surface area contributed by atoms with Crippen molar-refractivity contribution in [2.75, 3.05) is 18.5 Å². The summed E-state index contributed by atoms with van der Waals surface area (Å²) in [5.41, 5.74) is 10.0. The second-order valence-corrected chi connectivity index (χ2v) is 7.34. The number of rotatable bonds is 3. The number of ether oxygens (including phenoxy) is 1. The van der Waals surface area contributed by atoms with Crippen LogP contribution in [-0.4, -0.2) is 25.0 Å². The van der Waals surface area contributed by atoms with Crippen molar-refractivity contribution in [3.05, 3.63) is 95.6 Å². The molecule has 2 aliphatic rings. The van der Waals surface area contributed by atoms with E-state index in [-0.39, 0.29) is 12.1 Å². The van der Waals surface area contributed by atoms with E-state index in [9.17, 15) is 4.79 Å². The highest BCUT2D eigenvalue weighted by molar-refractivity contribution is 6.02. The lowest BCUT2D eigenvalue weighted by Gasteiger charge is -2.28. The highest BCUT2D eigenvalue weighted by atomic mass is 16.5. The van der Waals surface area contributed by atoms with Gasteiger partial charge >= 0.3 is 0 Å². The Morgan fingerprint density at radius 1 is 0.871 bits per heavy atom. The Kier molecular flexibility index (Phi) is 6.59. The third-order valence-electron chi connectivity index (χ3n) is 5.13. The number of amidine groups is 1. The van der Waals surface area contributed by atoms with Crippen LogP contribution in [0.2, 0.25) is 0 Å². The molecule has 0 saturated carbocycles. The number of nitrogens with zero attached hydrogens (tertiary/aromatic N) is 1. The SMILES string of the molecule is C1CCOC1.NC(=Nc1ccccc1[C@@H]1NC(=O)c2ccccc2N1)c1ccccc1. The number of para-hydroxylation sites is 2. The lowest BCUT2D eigenvalue weighted by atomic mass is 10.0. The van der Waals surface area contributed by atoms with Gasteiger partial charge in [-0.15, -0.1) is 0 Å². The summed E-state index contributed by atoms with van der Waals surface area (Å²) in [7, 11) is 0. The monoisotopic (exact) mass is 414 g/mol. The fourth-order valence-corrected chi connectivity index (χ4v) is 3.51. The molecule has 0 spiro atoms. The zero-order valence-corrected chi connectivity index (χ0v) is 17.3. The molecule has 5 rings (SSSR count). The first kappa shape index (κ1) is 20.6. The second-order valence-electron chi connectivity index (χ2n) is 7.34. The van der Waals surface area contributed by atoms with Gasteiger partial charge in [-0.25, -0.2) is 4.99 Å². The number of carbonyl (C=O) groups is 1. The Hall–Kier alpha value is -3.64. The summed E-state index contributed by atoms with van der Waals surface area (Å²) in [6.45, 7) is 2.00. The van der Waals surface area contributed by atoms with Crippen LogP contribution in [0.1, 0.15) is 40.5 Å². The van der Waals surface area contributed by atoms with Gasteiger partial charge in [0.25, 0.3) is 5.91 Å². The Balaban J connectivity index is 0.000000407. The summed E-state index contributed by atoms with van der Waals surface area (Å²) >= 11 is 0. The average molecular weight is 415 g/mol. The van der Waals surface area contributed by atoms with Crippen LogP contribution in [0.15, 0.2) is 83.9 Å². The van der Waals surface area contributed by atoms with Gasteiger partial charge in [0.2, 0.25) is 0 Å². The molecule has 6 heteroatoms. The van der Waals surface area contributed by atoms with Crippen LogP contribution in [-0.2, 0) is 4.74 Å². The Bertz CT molecular complexity index is 1050. The van der Waals surface area contributed by atoms with E-state index in [1.807, 2.05) is 72.8 Å². The van der Waals surface area contributed by atoms with Crippen molar-refractivity contribution in [2.45, 2.75) is 19.0 Å². The van der Waals surface area contributed by atoms with Gasteiger partial charge in [-0.05, 0) is 31.0 Å². The van der Waals surface area contributed by atoms with Gasteiger partial charge in [0, 0.05) is 30.0 Å². The molecular formula is C25H26N4O2. The smallest absolute Gasteiger partial charge is 0.255 e. The maximum atomic E-state index is 12.4. The summed E-state index contributed by atoms with van der Waals surface area (Å²) in [6.07, 6.45) is 2.18. The first-order chi connectivity index (χ1) is 15.2. The number of nitrogens with two attached hydrogens (primary N) is 1. The Morgan fingerprint density at radius 3 is 2.29 bits per heavy atom. The normalized spacial score (nSPS) is 17.6. The van der Waals surface area contributed by atoms with Crippen LogP contribution >= 0.6 is 0 Å². The second kappa shape index (κ2) is 9.91. The Labute approximate surface area is 182 Å². The van der Waals surface area contributed by atoms with Crippen molar-refractivity contribution in [2.24, 2.45) is 10.7 Å². The molecule has 0 radical (unpaired) electrons. The molecule has 0 aromatic heterocycles. The van der Waals surface area contributed by atoms with Gasteiger partial charge in [-0.3, -0.25) is 4.79 Å². The molecule has 1 fully saturated rings. The predicted octanol–water partition coefficient (Wildman–Crippen LogP) is 4.37. The molecule has 1 atom stereocenters. The molecule has 1 amide bonds. The van der Waals surface area contributed by atoms with E-state index >= 15 is 0 Å². The van der Waals surface area contributed by atoms with E-state index < -0.39 is 0 Å². The van der Waals surface area contributed by atoms with Crippen LogP contribution in [0, 0.1) is 0 Å². The van der Waals surface area contributed by atoms with Gasteiger partial charge in [-0.2, -0.15) is 0 Å². The molecule has 0 unspecified atom stereocenters. The topological polar surface area (TPSA) is 88.7 Å². The third-order valence-corrected chi connectivity index (χ3v) is 5.13. The van der Waals surface area contributed by atoms with E-state index in [0.29, 0.717) is 17.1 Å². The van der Waals surface area contributed by atoms with Crippen molar-refractivity contribution in [3.8, 4) is 0 Å². The van der Waals surface area contributed by atoms with Gasteiger partial charge in [0.15, 0.2) is 0 Å². The third kappa shape index (κ3) is 5.10. The fraction of sp³-hybridized carbons (Fsp3) is 0.200. The van der Waals surface area contributed by atoms with E-state index in [4.69, 9.17) is 10.5 Å². The van der Waals surface area contributed by atoms with Gasteiger partial charge in [-0.1, -0.05) is 60.7 Å². The molecular weight excluding hydrogens is 388 g/mol. The molecule has 2 aliphatic heterocycles. The minimum atomic E-state index is -0.374. The van der Waals surface area contributed by atoms with Crippen molar-refractivity contribution in [1.29, 1.82) is 0 Å². The van der Waals surface area contributed by atoms with Crippen LogP contribution < -0.4 is 16.4 Å². The summed E-state index contributed by atoms with van der Waals surface area (Å²) in [5, 5.41) is 6.34. The van der Waals surface area contributed by atoms with E-state index in [1.165, 1.54) is 12.8 Å². The van der Waals surface area contributed by atoms with Gasteiger partial charge < -0.3 is 21.1 Å². The molecule has 158 valence electrons. The minimum Gasteiger partial charge on any atom is -0.383 e. The number of hydrogen-bond acceptors (Lipinski definition) is 4. The van der Waals surface area contributed by atoms with Crippen molar-refractivity contribution in [1.82, 2.24) is 5.32 Å². The maximum absolute atomic E-state index is 12.4. The lowest BCUT2D eigenvalue weighted by Crippen LogP contribution is -2.38. The minimum absolute atomic E-state index is 0.112. The van der Waals surface area contributed by atoms with E-state index in [2.05, 4.69) is 15.6 Å². The van der Waals surface area contributed by atoms with E-state index in [0.717, 1.165) is 30.0 Å². The molecule has 1 saturated heterocycles. The maximum Gasteiger partial charge on any atom is 0.255 e.